The summed E-state index contributed by atoms with van der Waals surface area (Å²) in [6, 6.07) is 6.39. The number of hydrogen-bond acceptors (Lipinski definition) is 3. The van der Waals surface area contributed by atoms with Gasteiger partial charge in [0.05, 0.1) is 0 Å². The van der Waals surface area contributed by atoms with Crippen molar-refractivity contribution in [3.05, 3.63) is 24.3 Å². The largest absolute Gasteiger partial charge is 0.345 e. The van der Waals surface area contributed by atoms with E-state index in [-0.39, 0.29) is 17.8 Å². The Balaban J connectivity index is 1.43. The van der Waals surface area contributed by atoms with Crippen LogP contribution in [0.25, 0.3) is 0 Å². The lowest BCUT2D eigenvalue weighted by atomic mass is 9.87. The fraction of sp³-hybridized carbons (Fsp3) is 0.625. The first-order chi connectivity index (χ1) is 15.0. The lowest BCUT2D eigenvalue weighted by molar-refractivity contribution is -0.126. The van der Waals surface area contributed by atoms with Crippen molar-refractivity contribution < 1.29 is 14.4 Å². The molecule has 1 aliphatic heterocycles. The van der Waals surface area contributed by atoms with Crippen LogP contribution in [0, 0.1) is 5.92 Å². The van der Waals surface area contributed by atoms with Crippen LogP contribution in [0.1, 0.15) is 71.1 Å². The molecular formula is C24H36N4O3. The second-order valence-corrected chi connectivity index (χ2v) is 8.90. The Hall–Kier alpha value is -2.57. The highest BCUT2D eigenvalue weighted by molar-refractivity contribution is 5.97. The molecule has 170 valence electrons. The zero-order valence-electron chi connectivity index (χ0n) is 18.6. The average Bonchev–Trinajstić information content (AvgIpc) is 3.05. The summed E-state index contributed by atoms with van der Waals surface area (Å²) in [6.07, 6.45) is 10.8. The molecule has 3 rings (SSSR count). The molecule has 0 aromatic heterocycles. The Morgan fingerprint density at radius 3 is 2.03 bits per heavy atom. The van der Waals surface area contributed by atoms with E-state index in [1.807, 2.05) is 4.90 Å². The molecule has 1 heterocycles. The molecule has 0 radical (unpaired) electrons. The van der Waals surface area contributed by atoms with Crippen molar-refractivity contribution in [3.63, 3.8) is 0 Å². The highest BCUT2D eigenvalue weighted by atomic mass is 16.2. The number of urea groups is 1. The molecule has 1 saturated carbocycles. The fourth-order valence-corrected chi connectivity index (χ4v) is 4.38. The minimum Gasteiger partial charge on any atom is -0.345 e. The van der Waals surface area contributed by atoms with Gasteiger partial charge in [0.25, 0.3) is 0 Å². The number of rotatable bonds is 6. The van der Waals surface area contributed by atoms with E-state index in [4.69, 9.17) is 0 Å². The molecule has 4 amide bonds. The molecule has 1 aromatic rings. The Morgan fingerprint density at radius 1 is 0.871 bits per heavy atom. The number of carbonyl (C=O) groups excluding carboxylic acids is 3. The molecule has 0 spiro atoms. The normalized spacial score (nSPS) is 18.5. The van der Waals surface area contributed by atoms with Gasteiger partial charge >= 0.3 is 6.03 Å². The molecule has 1 aromatic carbocycles. The molecule has 1 unspecified atom stereocenters. The second-order valence-electron chi connectivity index (χ2n) is 8.90. The number of likely N-dealkylation sites (tertiary alicyclic amines) is 1. The zero-order chi connectivity index (χ0) is 22.1. The van der Waals surface area contributed by atoms with Gasteiger partial charge in [-0.3, -0.25) is 9.59 Å². The molecule has 1 saturated heterocycles. The van der Waals surface area contributed by atoms with Crippen molar-refractivity contribution in [2.75, 3.05) is 23.7 Å². The summed E-state index contributed by atoms with van der Waals surface area (Å²) in [5, 5.41) is 8.56. The average molecular weight is 429 g/mol. The maximum absolute atomic E-state index is 12.4. The van der Waals surface area contributed by atoms with E-state index in [2.05, 4.69) is 16.0 Å². The minimum absolute atomic E-state index is 0.0545. The summed E-state index contributed by atoms with van der Waals surface area (Å²) in [4.78, 5) is 39.0. The van der Waals surface area contributed by atoms with E-state index in [1.54, 1.807) is 31.2 Å². The van der Waals surface area contributed by atoms with E-state index in [9.17, 15) is 14.4 Å². The maximum atomic E-state index is 12.4. The molecule has 2 aliphatic rings. The van der Waals surface area contributed by atoms with Crippen molar-refractivity contribution in [3.8, 4) is 0 Å². The van der Waals surface area contributed by atoms with Crippen LogP contribution in [0.5, 0.6) is 0 Å². The lowest BCUT2D eigenvalue weighted by Crippen LogP contribution is -2.42. The van der Waals surface area contributed by atoms with E-state index in [0.29, 0.717) is 23.7 Å². The molecule has 1 atom stereocenters. The van der Waals surface area contributed by atoms with Crippen LogP contribution in [-0.4, -0.2) is 41.9 Å². The third-order valence-electron chi connectivity index (χ3n) is 6.27. The van der Waals surface area contributed by atoms with Crippen LogP contribution in [-0.2, 0) is 9.59 Å². The summed E-state index contributed by atoms with van der Waals surface area (Å²) in [5.41, 5.74) is 1.33. The third kappa shape index (κ3) is 7.56. The fourth-order valence-electron chi connectivity index (χ4n) is 4.38. The van der Waals surface area contributed by atoms with E-state index >= 15 is 0 Å². The van der Waals surface area contributed by atoms with Gasteiger partial charge in [-0.25, -0.2) is 4.79 Å². The SMILES string of the molecule is CC(NC(=O)CC1CCCCC1)C(=O)Nc1ccc(NC(=O)N2CCCCCC2)cc1. The number of nitrogens with zero attached hydrogens (tertiary/aromatic N) is 1. The molecule has 31 heavy (non-hydrogen) atoms. The third-order valence-corrected chi connectivity index (χ3v) is 6.27. The Labute approximate surface area is 185 Å². The van der Waals surface area contributed by atoms with Gasteiger partial charge in [-0.2, -0.15) is 0 Å². The molecular weight excluding hydrogens is 392 g/mol. The molecule has 7 heteroatoms. The highest BCUT2D eigenvalue weighted by Crippen LogP contribution is 2.26. The standard InChI is InChI=1S/C24H36N4O3/c1-18(25-22(29)17-19-9-5-4-6-10-19)23(30)26-20-11-13-21(14-12-20)27-24(31)28-15-7-2-3-8-16-28/h11-14,18-19H,2-10,15-17H2,1H3,(H,25,29)(H,26,30)(H,27,31). The van der Waals surface area contributed by atoms with Crippen molar-refractivity contribution in [1.29, 1.82) is 0 Å². The monoisotopic (exact) mass is 428 g/mol. The van der Waals surface area contributed by atoms with Crippen molar-refractivity contribution in [1.82, 2.24) is 10.2 Å². The highest BCUT2D eigenvalue weighted by Gasteiger charge is 2.21. The van der Waals surface area contributed by atoms with Crippen LogP contribution in [0.15, 0.2) is 24.3 Å². The van der Waals surface area contributed by atoms with E-state index in [1.165, 1.54) is 32.1 Å². The number of carbonyl (C=O) groups is 3. The van der Waals surface area contributed by atoms with Crippen LogP contribution in [0.2, 0.25) is 0 Å². The number of nitrogens with one attached hydrogen (secondary N) is 3. The number of amides is 4. The van der Waals surface area contributed by atoms with Gasteiger partial charge in [0.2, 0.25) is 11.8 Å². The van der Waals surface area contributed by atoms with Crippen molar-refractivity contribution in [2.24, 2.45) is 5.92 Å². The van der Waals surface area contributed by atoms with Crippen molar-refractivity contribution in [2.45, 2.75) is 77.2 Å². The Bertz CT molecular complexity index is 736. The topological polar surface area (TPSA) is 90.5 Å². The first kappa shape index (κ1) is 23.1. The zero-order valence-corrected chi connectivity index (χ0v) is 18.6. The van der Waals surface area contributed by atoms with Crippen LogP contribution < -0.4 is 16.0 Å². The van der Waals surface area contributed by atoms with Crippen LogP contribution >= 0.6 is 0 Å². The smallest absolute Gasteiger partial charge is 0.321 e. The Morgan fingerprint density at radius 2 is 1.42 bits per heavy atom. The van der Waals surface area contributed by atoms with E-state index < -0.39 is 6.04 Å². The van der Waals surface area contributed by atoms with Gasteiger partial charge in [0.1, 0.15) is 6.04 Å². The van der Waals surface area contributed by atoms with Gasteiger partial charge in [-0.15, -0.1) is 0 Å². The van der Waals surface area contributed by atoms with Gasteiger partial charge in [0.15, 0.2) is 0 Å². The quantitative estimate of drug-likeness (QED) is 0.623. The minimum atomic E-state index is -0.599. The van der Waals surface area contributed by atoms with Gasteiger partial charge < -0.3 is 20.9 Å². The first-order valence-electron chi connectivity index (χ1n) is 11.8. The summed E-state index contributed by atoms with van der Waals surface area (Å²) < 4.78 is 0. The summed E-state index contributed by atoms with van der Waals surface area (Å²) in [6.45, 7) is 3.29. The molecule has 2 fully saturated rings. The molecule has 0 bridgehead atoms. The number of hydrogen-bond donors (Lipinski definition) is 3. The first-order valence-corrected chi connectivity index (χ1v) is 11.8. The molecule has 7 nitrogen and oxygen atoms in total. The molecule has 1 aliphatic carbocycles. The summed E-state index contributed by atoms with van der Waals surface area (Å²) in [5.74, 6) is 0.139. The number of anilines is 2. The predicted octanol–water partition coefficient (Wildman–Crippen LogP) is 4.51. The van der Waals surface area contributed by atoms with Crippen LogP contribution in [0.4, 0.5) is 16.2 Å². The molecule has 3 N–H and O–H groups in total. The van der Waals surface area contributed by atoms with Crippen molar-refractivity contribution >= 4 is 29.2 Å². The maximum Gasteiger partial charge on any atom is 0.321 e. The number of benzene rings is 1. The van der Waals surface area contributed by atoms with Crippen LogP contribution in [0.3, 0.4) is 0 Å². The Kier molecular flexibility index (Phi) is 8.74. The lowest BCUT2D eigenvalue weighted by Gasteiger charge is -2.22. The van der Waals surface area contributed by atoms with Gasteiger partial charge in [0, 0.05) is 30.9 Å². The predicted molar refractivity (Wildman–Crippen MR) is 123 cm³/mol. The van der Waals surface area contributed by atoms with Gasteiger partial charge in [-0.05, 0) is 62.8 Å². The summed E-state index contributed by atoms with van der Waals surface area (Å²) in [7, 11) is 0. The second kappa shape index (κ2) is 11.7. The van der Waals surface area contributed by atoms with E-state index in [0.717, 1.165) is 38.8 Å². The summed E-state index contributed by atoms with van der Waals surface area (Å²) >= 11 is 0. The van der Waals surface area contributed by atoms with Gasteiger partial charge in [-0.1, -0.05) is 32.1 Å².